The van der Waals surface area contributed by atoms with Gasteiger partial charge < -0.3 is 15.2 Å². The van der Waals surface area contributed by atoms with Gasteiger partial charge in [-0.15, -0.1) is 0 Å². The van der Waals surface area contributed by atoms with E-state index in [1.807, 2.05) is 5.48 Å². The number of benzene rings is 1. The lowest BCUT2D eigenvalue weighted by Crippen LogP contribution is -2.16. The third-order valence-corrected chi connectivity index (χ3v) is 4.64. The molecule has 4 N–H and O–H groups in total. The average molecular weight is 456 g/mol. The predicted molar refractivity (Wildman–Crippen MR) is 116 cm³/mol. The third-order valence-electron chi connectivity index (χ3n) is 4.64. The molecular weight excluding hydrogens is 437 g/mol. The van der Waals surface area contributed by atoms with Gasteiger partial charge in [-0.2, -0.15) is 13.2 Å². The minimum atomic E-state index is -4.42. The lowest BCUT2D eigenvalue weighted by molar-refractivity contribution is -0.137. The predicted octanol–water partition coefficient (Wildman–Crippen LogP) is 4.07. The second-order valence-corrected chi connectivity index (χ2v) is 6.87. The van der Waals surface area contributed by atoms with Gasteiger partial charge in [-0.1, -0.05) is 12.1 Å². The minimum Gasteiger partial charge on any atom is -0.368 e. The normalized spacial score (nSPS) is 11.3. The summed E-state index contributed by atoms with van der Waals surface area (Å²) < 4.78 is 40.5. The Hall–Kier alpha value is -4.19. The first-order valence-corrected chi connectivity index (χ1v) is 9.81. The molecule has 9 nitrogen and oxygen atoms in total. The first kappa shape index (κ1) is 22.0. The van der Waals surface area contributed by atoms with E-state index in [0.717, 1.165) is 12.1 Å². The van der Waals surface area contributed by atoms with Crippen molar-refractivity contribution in [3.05, 3.63) is 73.1 Å². The highest BCUT2D eigenvalue weighted by Crippen LogP contribution is 2.32. The number of aromatic nitrogens is 5. The molecule has 0 unspecified atom stereocenters. The maximum Gasteiger partial charge on any atom is 0.416 e. The molecule has 0 saturated heterocycles. The van der Waals surface area contributed by atoms with Crippen LogP contribution in [0.15, 0.2) is 67.5 Å². The Labute approximate surface area is 186 Å². The molecule has 0 aliphatic heterocycles. The van der Waals surface area contributed by atoms with Crippen molar-refractivity contribution in [2.45, 2.75) is 6.18 Å². The van der Waals surface area contributed by atoms with Crippen molar-refractivity contribution in [3.63, 3.8) is 0 Å². The summed E-state index contributed by atoms with van der Waals surface area (Å²) in [7, 11) is 0. The van der Waals surface area contributed by atoms with Crippen LogP contribution in [0.25, 0.3) is 16.9 Å². The summed E-state index contributed by atoms with van der Waals surface area (Å²) in [5.41, 5.74) is 3.30. The Morgan fingerprint density at radius 3 is 2.36 bits per heavy atom. The van der Waals surface area contributed by atoms with Gasteiger partial charge in [0.05, 0.1) is 41.4 Å². The molecule has 0 spiro atoms. The molecular formula is C21H19F3N8O. The van der Waals surface area contributed by atoms with E-state index in [-0.39, 0.29) is 0 Å². The zero-order chi connectivity index (χ0) is 23.3. The molecule has 0 bridgehead atoms. The van der Waals surface area contributed by atoms with E-state index in [1.54, 1.807) is 41.6 Å². The van der Waals surface area contributed by atoms with E-state index in [0.29, 0.717) is 47.5 Å². The number of rotatable bonds is 8. The van der Waals surface area contributed by atoms with Crippen LogP contribution in [-0.4, -0.2) is 42.8 Å². The van der Waals surface area contributed by atoms with Crippen molar-refractivity contribution in [2.24, 2.45) is 0 Å². The number of hydrogen-bond acceptors (Lipinski definition) is 8. The molecule has 0 radical (unpaired) electrons. The number of nitrogens with one attached hydrogen (secondary N) is 3. The van der Waals surface area contributed by atoms with Crippen LogP contribution in [-0.2, 0) is 6.18 Å². The fraction of sp³-hybridized carbons (Fsp3) is 0.143. The van der Waals surface area contributed by atoms with Crippen LogP contribution >= 0.6 is 0 Å². The summed E-state index contributed by atoms with van der Waals surface area (Å²) in [5.74, 6) is 0.945. The molecule has 0 amide bonds. The SMILES string of the molecule is ONc1ccc(NCCNc2ncc(-n3ccnc3)c(-c3ccc(C(F)(F)F)cc3)n2)nc1. The zero-order valence-electron chi connectivity index (χ0n) is 17.1. The lowest BCUT2D eigenvalue weighted by atomic mass is 10.1. The number of hydrogen-bond donors (Lipinski definition) is 4. The molecule has 0 aliphatic carbocycles. The number of halogens is 3. The molecule has 4 aromatic rings. The van der Waals surface area contributed by atoms with Crippen molar-refractivity contribution in [1.82, 2.24) is 24.5 Å². The van der Waals surface area contributed by atoms with Crippen LogP contribution in [0.2, 0.25) is 0 Å². The molecule has 0 fully saturated rings. The highest BCUT2D eigenvalue weighted by molar-refractivity contribution is 5.70. The van der Waals surface area contributed by atoms with Crippen molar-refractivity contribution in [1.29, 1.82) is 0 Å². The molecule has 0 aliphatic rings. The smallest absolute Gasteiger partial charge is 0.368 e. The Kier molecular flexibility index (Phi) is 6.36. The summed E-state index contributed by atoms with van der Waals surface area (Å²) >= 11 is 0. The topological polar surface area (TPSA) is 113 Å². The van der Waals surface area contributed by atoms with Crippen LogP contribution in [0, 0.1) is 0 Å². The van der Waals surface area contributed by atoms with E-state index in [4.69, 9.17) is 5.21 Å². The number of nitrogens with zero attached hydrogens (tertiary/aromatic N) is 5. The van der Waals surface area contributed by atoms with Crippen LogP contribution in [0.4, 0.5) is 30.6 Å². The third kappa shape index (κ3) is 5.36. The average Bonchev–Trinajstić information content (AvgIpc) is 3.36. The molecule has 3 aromatic heterocycles. The summed E-state index contributed by atoms with van der Waals surface area (Å²) in [6.07, 6.45) is 3.50. The molecule has 3 heterocycles. The fourth-order valence-electron chi connectivity index (χ4n) is 3.01. The molecule has 0 saturated carbocycles. The van der Waals surface area contributed by atoms with Crippen LogP contribution < -0.4 is 16.1 Å². The Balaban J connectivity index is 1.50. The van der Waals surface area contributed by atoms with E-state index in [9.17, 15) is 13.2 Å². The summed E-state index contributed by atoms with van der Waals surface area (Å²) in [6.45, 7) is 0.958. The minimum absolute atomic E-state index is 0.323. The Morgan fingerprint density at radius 2 is 1.73 bits per heavy atom. The largest absolute Gasteiger partial charge is 0.416 e. The van der Waals surface area contributed by atoms with Crippen LogP contribution in [0.3, 0.4) is 0 Å². The van der Waals surface area contributed by atoms with Crippen molar-refractivity contribution < 1.29 is 18.4 Å². The second kappa shape index (κ2) is 9.53. The van der Waals surface area contributed by atoms with Crippen LogP contribution in [0.5, 0.6) is 0 Å². The van der Waals surface area contributed by atoms with Gasteiger partial charge in [0.15, 0.2) is 0 Å². The van der Waals surface area contributed by atoms with Gasteiger partial charge in [-0.05, 0) is 24.3 Å². The zero-order valence-corrected chi connectivity index (χ0v) is 17.1. The van der Waals surface area contributed by atoms with Gasteiger partial charge in [0.1, 0.15) is 5.82 Å². The van der Waals surface area contributed by atoms with Gasteiger partial charge in [0, 0.05) is 31.0 Å². The fourth-order valence-corrected chi connectivity index (χ4v) is 3.01. The van der Waals surface area contributed by atoms with Crippen molar-refractivity contribution in [2.75, 3.05) is 29.2 Å². The molecule has 33 heavy (non-hydrogen) atoms. The standard InChI is InChI=1S/C21H19F3N8O/c22-21(23,24)15-3-1-14(2-4-15)19-17(32-10-9-25-13-32)12-29-20(30-19)27-8-7-26-18-6-5-16(31-33)11-28-18/h1-6,9-13,31,33H,7-8H2,(H,26,28)(H,27,29,30). The Morgan fingerprint density at radius 1 is 0.939 bits per heavy atom. The maximum absolute atomic E-state index is 12.9. The summed E-state index contributed by atoms with van der Waals surface area (Å²) in [6, 6.07) is 8.18. The van der Waals surface area contributed by atoms with Crippen molar-refractivity contribution >= 4 is 17.5 Å². The van der Waals surface area contributed by atoms with Crippen LogP contribution in [0.1, 0.15) is 5.56 Å². The summed E-state index contributed by atoms with van der Waals surface area (Å²) in [4.78, 5) is 17.0. The van der Waals surface area contributed by atoms with Gasteiger partial charge in [0.25, 0.3) is 0 Å². The molecule has 170 valence electrons. The van der Waals surface area contributed by atoms with Crippen molar-refractivity contribution in [3.8, 4) is 16.9 Å². The monoisotopic (exact) mass is 456 g/mol. The van der Waals surface area contributed by atoms with E-state index >= 15 is 0 Å². The maximum atomic E-state index is 12.9. The number of pyridine rings is 1. The molecule has 0 atom stereocenters. The quantitative estimate of drug-likeness (QED) is 0.232. The van der Waals surface area contributed by atoms with Gasteiger partial charge in [-0.25, -0.2) is 19.9 Å². The Bertz CT molecular complexity index is 1180. The lowest BCUT2D eigenvalue weighted by Gasteiger charge is -2.13. The summed E-state index contributed by atoms with van der Waals surface area (Å²) in [5, 5.41) is 15.0. The van der Waals surface area contributed by atoms with Gasteiger partial charge in [0.2, 0.25) is 5.95 Å². The molecule has 4 rings (SSSR count). The molecule has 1 aromatic carbocycles. The van der Waals surface area contributed by atoms with E-state index < -0.39 is 11.7 Å². The highest BCUT2D eigenvalue weighted by atomic mass is 19.4. The number of alkyl halides is 3. The number of anilines is 3. The van der Waals surface area contributed by atoms with E-state index in [2.05, 4.69) is 30.6 Å². The second-order valence-electron chi connectivity index (χ2n) is 6.87. The van der Waals surface area contributed by atoms with E-state index in [1.165, 1.54) is 18.3 Å². The number of imidazole rings is 1. The first-order valence-electron chi connectivity index (χ1n) is 9.81. The first-order chi connectivity index (χ1) is 15.9. The van der Waals surface area contributed by atoms with Gasteiger partial charge in [-0.3, -0.25) is 10.7 Å². The molecule has 12 heteroatoms. The highest BCUT2D eigenvalue weighted by Gasteiger charge is 2.30. The van der Waals surface area contributed by atoms with Gasteiger partial charge >= 0.3 is 6.18 Å².